The number of para-hydroxylation sites is 1. The van der Waals surface area contributed by atoms with Gasteiger partial charge in [-0.05, 0) is 24.1 Å². The smallest absolute Gasteiger partial charge is 0.256 e. The Bertz CT molecular complexity index is 763. The SMILES string of the molecule is O=C1Nc2ccccc2C1=CC(=O)c1ccc(CCCl)cc1. The number of hydrogen-bond acceptors (Lipinski definition) is 2. The van der Waals surface area contributed by atoms with E-state index in [1.165, 1.54) is 6.08 Å². The molecule has 1 aliphatic heterocycles. The van der Waals surface area contributed by atoms with Gasteiger partial charge in [-0.3, -0.25) is 9.59 Å². The second kappa shape index (κ2) is 6.16. The standard InChI is InChI=1S/C18H14ClNO2/c19-10-9-12-5-7-13(8-6-12)17(21)11-15-14-3-1-2-4-16(14)20-18(15)22/h1-8,11H,9-10H2,(H,20,22). The Labute approximate surface area is 133 Å². The Morgan fingerprint density at radius 2 is 1.82 bits per heavy atom. The molecular formula is C18H14ClNO2. The number of rotatable bonds is 4. The van der Waals surface area contributed by atoms with Crippen LogP contribution in [-0.4, -0.2) is 17.6 Å². The fraction of sp³-hybridized carbons (Fsp3) is 0.111. The molecule has 1 amide bonds. The number of benzene rings is 2. The summed E-state index contributed by atoms with van der Waals surface area (Å²) in [6, 6.07) is 14.6. The van der Waals surface area contributed by atoms with E-state index in [4.69, 9.17) is 11.6 Å². The second-order valence-electron chi connectivity index (χ2n) is 5.06. The molecule has 3 rings (SSSR count). The summed E-state index contributed by atoms with van der Waals surface area (Å²) in [6.45, 7) is 0. The van der Waals surface area contributed by atoms with Gasteiger partial charge in [0.15, 0.2) is 5.78 Å². The van der Waals surface area contributed by atoms with Gasteiger partial charge >= 0.3 is 0 Å². The van der Waals surface area contributed by atoms with Gasteiger partial charge in [-0.25, -0.2) is 0 Å². The Morgan fingerprint density at radius 1 is 1.09 bits per heavy atom. The van der Waals surface area contributed by atoms with Gasteiger partial charge in [0.25, 0.3) is 5.91 Å². The first-order valence-electron chi connectivity index (χ1n) is 7.01. The van der Waals surface area contributed by atoms with Crippen LogP contribution in [0.2, 0.25) is 0 Å². The molecule has 0 unspecified atom stereocenters. The largest absolute Gasteiger partial charge is 0.321 e. The molecule has 0 radical (unpaired) electrons. The number of anilines is 1. The molecular weight excluding hydrogens is 298 g/mol. The van der Waals surface area contributed by atoms with Crippen LogP contribution in [0, 0.1) is 0 Å². The number of fused-ring (bicyclic) bond motifs is 1. The number of alkyl halides is 1. The van der Waals surface area contributed by atoms with Crippen LogP contribution in [-0.2, 0) is 11.2 Å². The zero-order valence-electron chi connectivity index (χ0n) is 11.8. The average Bonchev–Trinajstić information content (AvgIpc) is 2.84. The molecule has 3 nitrogen and oxygen atoms in total. The zero-order valence-corrected chi connectivity index (χ0v) is 12.6. The van der Waals surface area contributed by atoms with E-state index in [0.717, 1.165) is 23.2 Å². The molecule has 1 N–H and O–H groups in total. The molecule has 0 aliphatic carbocycles. The van der Waals surface area contributed by atoms with Crippen LogP contribution in [0.5, 0.6) is 0 Å². The summed E-state index contributed by atoms with van der Waals surface area (Å²) in [5.74, 6) is 0.126. The summed E-state index contributed by atoms with van der Waals surface area (Å²) >= 11 is 5.69. The van der Waals surface area contributed by atoms with Crippen molar-refractivity contribution in [3.63, 3.8) is 0 Å². The van der Waals surface area contributed by atoms with Crippen LogP contribution in [0.15, 0.2) is 54.6 Å². The third-order valence-electron chi connectivity index (χ3n) is 3.61. The fourth-order valence-electron chi connectivity index (χ4n) is 2.44. The third kappa shape index (κ3) is 2.81. The maximum absolute atomic E-state index is 12.3. The Kier molecular flexibility index (Phi) is 4.07. The molecule has 2 aromatic rings. The molecule has 0 aromatic heterocycles. The Balaban J connectivity index is 1.88. The van der Waals surface area contributed by atoms with Crippen molar-refractivity contribution in [2.45, 2.75) is 6.42 Å². The van der Waals surface area contributed by atoms with Crippen LogP contribution in [0.3, 0.4) is 0 Å². The number of halogens is 1. The van der Waals surface area contributed by atoms with E-state index in [2.05, 4.69) is 5.32 Å². The van der Waals surface area contributed by atoms with Crippen LogP contribution in [0.1, 0.15) is 21.5 Å². The molecule has 22 heavy (non-hydrogen) atoms. The molecule has 0 saturated carbocycles. The molecule has 1 heterocycles. The third-order valence-corrected chi connectivity index (χ3v) is 3.80. The molecule has 0 spiro atoms. The number of hydrogen-bond donors (Lipinski definition) is 1. The van der Waals surface area contributed by atoms with E-state index < -0.39 is 0 Å². The van der Waals surface area contributed by atoms with Crippen molar-refractivity contribution in [1.29, 1.82) is 0 Å². The number of ketones is 1. The van der Waals surface area contributed by atoms with Crippen molar-refractivity contribution in [1.82, 2.24) is 0 Å². The summed E-state index contributed by atoms with van der Waals surface area (Å²) in [6.07, 6.45) is 2.17. The predicted molar refractivity (Wildman–Crippen MR) is 88.2 cm³/mol. The van der Waals surface area contributed by atoms with E-state index in [1.807, 2.05) is 36.4 Å². The van der Waals surface area contributed by atoms with E-state index in [1.54, 1.807) is 12.1 Å². The maximum Gasteiger partial charge on any atom is 0.256 e. The van der Waals surface area contributed by atoms with Crippen LogP contribution >= 0.6 is 11.6 Å². The molecule has 2 aromatic carbocycles. The lowest BCUT2D eigenvalue weighted by Gasteiger charge is -2.01. The van der Waals surface area contributed by atoms with Crippen molar-refractivity contribution in [2.24, 2.45) is 0 Å². The van der Waals surface area contributed by atoms with Gasteiger partial charge in [-0.15, -0.1) is 11.6 Å². The van der Waals surface area contributed by atoms with E-state index in [9.17, 15) is 9.59 Å². The Hall–Kier alpha value is -2.39. The van der Waals surface area contributed by atoms with Gasteiger partial charge in [-0.2, -0.15) is 0 Å². The van der Waals surface area contributed by atoms with E-state index in [-0.39, 0.29) is 11.7 Å². The summed E-state index contributed by atoms with van der Waals surface area (Å²) in [5, 5.41) is 2.76. The first-order chi connectivity index (χ1) is 10.7. The lowest BCUT2D eigenvalue weighted by Crippen LogP contribution is -2.06. The van der Waals surface area contributed by atoms with Crippen LogP contribution < -0.4 is 5.32 Å². The van der Waals surface area contributed by atoms with Crippen molar-refractivity contribution in [3.8, 4) is 0 Å². The minimum atomic E-state index is -0.242. The normalized spacial score (nSPS) is 14.8. The number of amides is 1. The number of carbonyl (C=O) groups excluding carboxylic acids is 2. The number of allylic oxidation sites excluding steroid dienone is 1. The molecule has 0 atom stereocenters. The second-order valence-corrected chi connectivity index (χ2v) is 5.44. The highest BCUT2D eigenvalue weighted by Gasteiger charge is 2.24. The lowest BCUT2D eigenvalue weighted by atomic mass is 10.0. The van der Waals surface area contributed by atoms with Gasteiger partial charge in [0, 0.05) is 22.7 Å². The molecule has 0 saturated heterocycles. The summed E-state index contributed by atoms with van der Waals surface area (Å²) < 4.78 is 0. The average molecular weight is 312 g/mol. The fourth-order valence-corrected chi connectivity index (χ4v) is 2.66. The van der Waals surface area contributed by atoms with E-state index in [0.29, 0.717) is 17.0 Å². The molecule has 1 aliphatic rings. The monoisotopic (exact) mass is 311 g/mol. The van der Waals surface area contributed by atoms with Crippen molar-refractivity contribution in [2.75, 3.05) is 11.2 Å². The Morgan fingerprint density at radius 3 is 2.55 bits per heavy atom. The van der Waals surface area contributed by atoms with E-state index >= 15 is 0 Å². The summed E-state index contributed by atoms with van der Waals surface area (Å²) in [5.41, 5.74) is 3.56. The summed E-state index contributed by atoms with van der Waals surface area (Å²) in [4.78, 5) is 24.3. The maximum atomic E-state index is 12.3. The highest BCUT2D eigenvalue weighted by Crippen LogP contribution is 2.31. The number of aryl methyl sites for hydroxylation is 1. The molecule has 0 bridgehead atoms. The van der Waals surface area contributed by atoms with Gasteiger partial charge in [-0.1, -0.05) is 42.5 Å². The number of carbonyl (C=O) groups is 2. The van der Waals surface area contributed by atoms with Crippen molar-refractivity contribution in [3.05, 3.63) is 71.3 Å². The first-order valence-corrected chi connectivity index (χ1v) is 7.54. The quantitative estimate of drug-likeness (QED) is 0.532. The molecule has 0 fully saturated rings. The van der Waals surface area contributed by atoms with Gasteiger partial charge in [0.2, 0.25) is 0 Å². The number of nitrogens with one attached hydrogen (secondary N) is 1. The summed E-state index contributed by atoms with van der Waals surface area (Å²) in [7, 11) is 0. The van der Waals surface area contributed by atoms with Crippen molar-refractivity contribution < 1.29 is 9.59 Å². The lowest BCUT2D eigenvalue weighted by molar-refractivity contribution is -0.110. The topological polar surface area (TPSA) is 46.2 Å². The highest BCUT2D eigenvalue weighted by atomic mass is 35.5. The van der Waals surface area contributed by atoms with Gasteiger partial charge in [0.1, 0.15) is 0 Å². The zero-order chi connectivity index (χ0) is 15.5. The van der Waals surface area contributed by atoms with Gasteiger partial charge in [0.05, 0.1) is 5.57 Å². The molecule has 4 heteroatoms. The highest BCUT2D eigenvalue weighted by molar-refractivity contribution is 6.35. The van der Waals surface area contributed by atoms with Crippen molar-refractivity contribution >= 4 is 34.6 Å². The molecule has 110 valence electrons. The van der Waals surface area contributed by atoms with Gasteiger partial charge < -0.3 is 5.32 Å². The predicted octanol–water partition coefficient (Wildman–Crippen LogP) is 3.69. The van der Waals surface area contributed by atoms with Crippen LogP contribution in [0.25, 0.3) is 5.57 Å². The minimum Gasteiger partial charge on any atom is -0.321 e. The van der Waals surface area contributed by atoms with Crippen LogP contribution in [0.4, 0.5) is 5.69 Å². The first kappa shape index (κ1) is 14.5. The minimum absolute atomic E-state index is 0.181.